The zero-order valence-electron chi connectivity index (χ0n) is 17.9. The van der Waals surface area contributed by atoms with Gasteiger partial charge < -0.3 is 11.1 Å². The van der Waals surface area contributed by atoms with Crippen molar-refractivity contribution in [3.63, 3.8) is 0 Å². The van der Waals surface area contributed by atoms with E-state index < -0.39 is 0 Å². The van der Waals surface area contributed by atoms with E-state index in [4.69, 9.17) is 5.73 Å². The van der Waals surface area contributed by atoms with Gasteiger partial charge in [0.1, 0.15) is 11.6 Å². The van der Waals surface area contributed by atoms with Crippen molar-refractivity contribution < 1.29 is 4.39 Å². The first-order valence-electron chi connectivity index (χ1n) is 10.6. The van der Waals surface area contributed by atoms with Crippen LogP contribution in [0.2, 0.25) is 0 Å². The van der Waals surface area contributed by atoms with Gasteiger partial charge in [-0.05, 0) is 71.3 Å². The minimum atomic E-state index is -0.306. The minimum absolute atomic E-state index is 0.306. The fourth-order valence-electron chi connectivity index (χ4n) is 4.07. The van der Waals surface area contributed by atoms with E-state index in [9.17, 15) is 0 Å². The number of nitrogens with one attached hydrogen (secondary N) is 1. The molecule has 0 fully saturated rings. The monoisotopic (exact) mass is 463 g/mol. The maximum atomic E-state index is 15.2. The van der Waals surface area contributed by atoms with Gasteiger partial charge in [0.15, 0.2) is 0 Å². The van der Waals surface area contributed by atoms with E-state index in [1.807, 2.05) is 54.0 Å². The van der Waals surface area contributed by atoms with Crippen LogP contribution in [-0.4, -0.2) is 15.0 Å². The summed E-state index contributed by atoms with van der Waals surface area (Å²) in [4.78, 5) is 12.9. The molecule has 0 aliphatic heterocycles. The molecule has 6 rings (SSSR count). The summed E-state index contributed by atoms with van der Waals surface area (Å²) in [6, 6.07) is 22.6. The Morgan fingerprint density at radius 3 is 2.47 bits per heavy atom. The first kappa shape index (κ1) is 20.3. The summed E-state index contributed by atoms with van der Waals surface area (Å²) in [5, 5.41) is 4.38. The van der Waals surface area contributed by atoms with Crippen LogP contribution in [0.4, 0.5) is 21.6 Å². The van der Waals surface area contributed by atoms with Crippen LogP contribution in [-0.2, 0) is 0 Å². The Morgan fingerprint density at radius 1 is 0.735 bits per heavy atom. The van der Waals surface area contributed by atoms with Crippen LogP contribution in [0, 0.1) is 5.82 Å². The fraction of sp³-hybridized carbons (Fsp3) is 0. The number of hydrogen-bond donors (Lipinski definition) is 2. The molecule has 0 saturated heterocycles. The summed E-state index contributed by atoms with van der Waals surface area (Å²) in [7, 11) is 0. The van der Waals surface area contributed by atoms with Gasteiger partial charge in [-0.25, -0.2) is 14.4 Å². The SMILES string of the molecule is Nc1cc(-c2ccc(-c3ccc4nccc(Nc5ccc6scnc6c5)c4c3)c(F)c2)ccn1. The number of thiazole rings is 1. The summed E-state index contributed by atoms with van der Waals surface area (Å²) in [6.07, 6.45) is 3.38. The van der Waals surface area contributed by atoms with Crippen LogP contribution in [0.5, 0.6) is 0 Å². The van der Waals surface area contributed by atoms with Crippen LogP contribution in [0.3, 0.4) is 0 Å². The summed E-state index contributed by atoms with van der Waals surface area (Å²) in [5.74, 6) is 0.0950. The molecule has 164 valence electrons. The zero-order chi connectivity index (χ0) is 23.1. The molecular weight excluding hydrogens is 445 g/mol. The molecule has 0 atom stereocenters. The second-order valence-corrected chi connectivity index (χ2v) is 8.80. The summed E-state index contributed by atoms with van der Waals surface area (Å²) in [6.45, 7) is 0. The van der Waals surface area contributed by atoms with Crippen molar-refractivity contribution in [1.82, 2.24) is 15.0 Å². The molecule has 0 spiro atoms. The van der Waals surface area contributed by atoms with Gasteiger partial charge in [0.25, 0.3) is 0 Å². The number of nitrogens with zero attached hydrogens (tertiary/aromatic N) is 3. The molecule has 0 aliphatic carbocycles. The fourth-order valence-corrected chi connectivity index (χ4v) is 4.73. The Bertz CT molecular complexity index is 1680. The molecule has 0 unspecified atom stereocenters. The second kappa shape index (κ2) is 8.20. The van der Waals surface area contributed by atoms with Gasteiger partial charge in [-0.2, -0.15) is 0 Å². The largest absolute Gasteiger partial charge is 0.384 e. The first-order valence-corrected chi connectivity index (χ1v) is 11.5. The van der Waals surface area contributed by atoms with Gasteiger partial charge in [-0.3, -0.25) is 4.98 Å². The predicted molar refractivity (Wildman–Crippen MR) is 138 cm³/mol. The van der Waals surface area contributed by atoms with Crippen molar-refractivity contribution in [3.8, 4) is 22.3 Å². The summed E-state index contributed by atoms with van der Waals surface area (Å²) < 4.78 is 16.3. The van der Waals surface area contributed by atoms with E-state index in [0.717, 1.165) is 49.2 Å². The number of anilines is 3. The van der Waals surface area contributed by atoms with Gasteiger partial charge in [0.05, 0.1) is 21.2 Å². The van der Waals surface area contributed by atoms with Crippen molar-refractivity contribution in [3.05, 3.63) is 96.5 Å². The molecule has 0 saturated carbocycles. The number of nitrogens with two attached hydrogens (primary N) is 1. The van der Waals surface area contributed by atoms with Crippen LogP contribution in [0.1, 0.15) is 0 Å². The van der Waals surface area contributed by atoms with Gasteiger partial charge in [0, 0.05) is 34.7 Å². The molecule has 0 bridgehead atoms. The maximum Gasteiger partial charge on any atom is 0.131 e. The highest BCUT2D eigenvalue weighted by Gasteiger charge is 2.11. The van der Waals surface area contributed by atoms with Crippen molar-refractivity contribution in [2.24, 2.45) is 0 Å². The van der Waals surface area contributed by atoms with Crippen molar-refractivity contribution >= 4 is 49.6 Å². The highest BCUT2D eigenvalue weighted by atomic mass is 32.1. The minimum Gasteiger partial charge on any atom is -0.384 e. The molecule has 0 radical (unpaired) electrons. The van der Waals surface area contributed by atoms with E-state index in [-0.39, 0.29) is 5.82 Å². The lowest BCUT2D eigenvalue weighted by molar-refractivity contribution is 0.632. The topological polar surface area (TPSA) is 76.7 Å². The first-order chi connectivity index (χ1) is 16.6. The third-order valence-electron chi connectivity index (χ3n) is 5.75. The van der Waals surface area contributed by atoms with Gasteiger partial charge >= 0.3 is 0 Å². The number of pyridine rings is 2. The molecule has 5 nitrogen and oxygen atoms in total. The smallest absolute Gasteiger partial charge is 0.131 e. The Labute approximate surface area is 198 Å². The number of hydrogen-bond acceptors (Lipinski definition) is 6. The van der Waals surface area contributed by atoms with Crippen LogP contribution in [0.15, 0.2) is 90.7 Å². The molecule has 3 aromatic heterocycles. The Kier molecular flexibility index (Phi) is 4.89. The molecular formula is C27H18FN5S. The van der Waals surface area contributed by atoms with Crippen LogP contribution in [0.25, 0.3) is 43.4 Å². The highest BCUT2D eigenvalue weighted by Crippen LogP contribution is 2.33. The number of benzene rings is 3. The Morgan fingerprint density at radius 2 is 1.59 bits per heavy atom. The lowest BCUT2D eigenvalue weighted by Gasteiger charge is -2.12. The van der Waals surface area contributed by atoms with Crippen molar-refractivity contribution in [1.29, 1.82) is 0 Å². The molecule has 6 aromatic rings. The molecule has 3 N–H and O–H groups in total. The molecule has 3 heterocycles. The van der Waals surface area contributed by atoms with E-state index >= 15 is 4.39 Å². The lowest BCUT2D eigenvalue weighted by atomic mass is 9.98. The van der Waals surface area contributed by atoms with Crippen LogP contribution < -0.4 is 11.1 Å². The average molecular weight is 464 g/mol. The van der Waals surface area contributed by atoms with Gasteiger partial charge in [-0.15, -0.1) is 11.3 Å². The average Bonchev–Trinajstić information content (AvgIpc) is 3.32. The van der Waals surface area contributed by atoms with E-state index in [1.165, 1.54) is 6.07 Å². The van der Waals surface area contributed by atoms with Crippen molar-refractivity contribution in [2.75, 3.05) is 11.1 Å². The van der Waals surface area contributed by atoms with Crippen LogP contribution >= 0.6 is 11.3 Å². The maximum absolute atomic E-state index is 15.2. The second-order valence-electron chi connectivity index (χ2n) is 7.91. The number of nitrogen functional groups attached to an aromatic ring is 1. The quantitative estimate of drug-likeness (QED) is 0.293. The third-order valence-corrected chi connectivity index (χ3v) is 6.56. The lowest BCUT2D eigenvalue weighted by Crippen LogP contribution is -1.94. The molecule has 0 aliphatic rings. The Balaban J connectivity index is 1.39. The summed E-state index contributed by atoms with van der Waals surface area (Å²) in [5.41, 5.74) is 14.1. The normalized spacial score (nSPS) is 11.2. The van der Waals surface area contributed by atoms with E-state index in [0.29, 0.717) is 11.4 Å². The molecule has 7 heteroatoms. The molecule has 34 heavy (non-hydrogen) atoms. The van der Waals surface area contributed by atoms with E-state index in [1.54, 1.807) is 35.9 Å². The van der Waals surface area contributed by atoms with E-state index in [2.05, 4.69) is 26.3 Å². The standard InChI is InChI=1S/C27H18FN5S/c28-22-12-16(17-7-9-31-27(29)13-17)1-4-20(22)18-2-5-23-21(11-18)24(8-10-30-23)33-19-3-6-26-25(14-19)32-15-34-26/h1-15H,(H2,29,31)(H,30,33). The van der Waals surface area contributed by atoms with Crippen molar-refractivity contribution in [2.45, 2.75) is 0 Å². The molecule has 0 amide bonds. The number of rotatable bonds is 4. The number of aromatic nitrogens is 3. The molecule has 3 aromatic carbocycles. The summed E-state index contributed by atoms with van der Waals surface area (Å²) >= 11 is 1.61. The van der Waals surface area contributed by atoms with Gasteiger partial charge in [0.2, 0.25) is 0 Å². The number of fused-ring (bicyclic) bond motifs is 2. The third kappa shape index (κ3) is 3.72. The number of halogens is 1. The predicted octanol–water partition coefficient (Wildman–Crippen LogP) is 7.04. The Hall–Kier alpha value is -4.36. The zero-order valence-corrected chi connectivity index (χ0v) is 18.7. The van der Waals surface area contributed by atoms with Gasteiger partial charge in [-0.1, -0.05) is 18.2 Å². The highest BCUT2D eigenvalue weighted by molar-refractivity contribution is 7.16.